The molecule has 0 aliphatic carbocycles. The molecule has 1 amide bonds. The summed E-state index contributed by atoms with van der Waals surface area (Å²) in [7, 11) is 0. The maximum absolute atomic E-state index is 12.1. The number of ether oxygens (including phenoxy) is 2. The molecule has 0 saturated carbocycles. The zero-order chi connectivity index (χ0) is 18.2. The SMILES string of the molecule is CC(C)COCc1ccc(C(=O)NCCOC2CN(C(C)C)C2)cc1. The molecule has 2 rings (SSSR count). The van der Waals surface area contributed by atoms with Crippen LogP contribution in [0.3, 0.4) is 0 Å². The number of hydrogen-bond donors (Lipinski definition) is 1. The molecule has 1 aliphatic rings. The standard InChI is InChI=1S/C20H32N2O3/c1-15(2)13-24-14-17-5-7-18(8-6-17)20(23)21-9-10-25-19-11-22(12-19)16(3)4/h5-8,15-16,19H,9-14H2,1-4H3,(H,21,23). The summed E-state index contributed by atoms with van der Waals surface area (Å²) in [6.45, 7) is 13.1. The molecular weight excluding hydrogens is 316 g/mol. The number of amides is 1. The molecule has 0 atom stereocenters. The van der Waals surface area contributed by atoms with Gasteiger partial charge in [-0.05, 0) is 37.5 Å². The third kappa shape index (κ3) is 6.77. The summed E-state index contributed by atoms with van der Waals surface area (Å²) in [5.74, 6) is 0.469. The summed E-state index contributed by atoms with van der Waals surface area (Å²) in [6.07, 6.45) is 0.310. The first-order valence-electron chi connectivity index (χ1n) is 9.26. The summed E-state index contributed by atoms with van der Waals surface area (Å²) < 4.78 is 11.4. The number of nitrogens with one attached hydrogen (secondary N) is 1. The van der Waals surface area contributed by atoms with Crippen molar-refractivity contribution in [2.45, 2.75) is 46.4 Å². The van der Waals surface area contributed by atoms with Crippen molar-refractivity contribution in [3.63, 3.8) is 0 Å². The number of carbonyl (C=O) groups is 1. The summed E-state index contributed by atoms with van der Waals surface area (Å²) in [6, 6.07) is 8.16. The Bertz CT molecular complexity index is 522. The van der Waals surface area contributed by atoms with Crippen molar-refractivity contribution >= 4 is 5.91 Å². The Kier molecular flexibility index (Phi) is 7.88. The monoisotopic (exact) mass is 348 g/mol. The second kappa shape index (κ2) is 9.90. The predicted molar refractivity (Wildman–Crippen MR) is 99.7 cm³/mol. The molecule has 1 N–H and O–H groups in total. The van der Waals surface area contributed by atoms with Crippen LogP contribution in [0.15, 0.2) is 24.3 Å². The summed E-state index contributed by atoms with van der Waals surface area (Å²) in [4.78, 5) is 14.5. The molecule has 1 heterocycles. The highest BCUT2D eigenvalue weighted by molar-refractivity contribution is 5.94. The molecule has 0 unspecified atom stereocenters. The quantitative estimate of drug-likeness (QED) is 0.661. The minimum absolute atomic E-state index is 0.0596. The summed E-state index contributed by atoms with van der Waals surface area (Å²) >= 11 is 0. The van der Waals surface area contributed by atoms with Crippen LogP contribution in [0.2, 0.25) is 0 Å². The van der Waals surface area contributed by atoms with Gasteiger partial charge < -0.3 is 14.8 Å². The van der Waals surface area contributed by atoms with E-state index in [0.717, 1.165) is 25.3 Å². The van der Waals surface area contributed by atoms with Crippen LogP contribution >= 0.6 is 0 Å². The Morgan fingerprint density at radius 1 is 1.20 bits per heavy atom. The second-order valence-electron chi connectivity index (χ2n) is 7.40. The lowest BCUT2D eigenvalue weighted by Crippen LogP contribution is -2.55. The molecule has 1 fully saturated rings. The molecular formula is C20H32N2O3. The lowest BCUT2D eigenvalue weighted by molar-refractivity contribution is -0.0647. The normalized spacial score (nSPS) is 15.6. The summed E-state index contributed by atoms with van der Waals surface area (Å²) in [5, 5.41) is 2.91. The average molecular weight is 348 g/mol. The van der Waals surface area contributed by atoms with E-state index in [2.05, 4.69) is 37.9 Å². The van der Waals surface area contributed by atoms with Crippen LogP contribution in [-0.4, -0.2) is 55.8 Å². The molecule has 1 aromatic carbocycles. The first-order chi connectivity index (χ1) is 12.0. The van der Waals surface area contributed by atoms with Gasteiger partial charge in [0.1, 0.15) is 0 Å². The molecule has 25 heavy (non-hydrogen) atoms. The van der Waals surface area contributed by atoms with Crippen LogP contribution in [0.4, 0.5) is 0 Å². The molecule has 5 heteroatoms. The molecule has 5 nitrogen and oxygen atoms in total. The fraction of sp³-hybridized carbons (Fsp3) is 0.650. The Morgan fingerprint density at radius 2 is 1.88 bits per heavy atom. The van der Waals surface area contributed by atoms with Gasteiger partial charge in [-0.1, -0.05) is 26.0 Å². The lowest BCUT2D eigenvalue weighted by atomic mass is 10.1. The minimum atomic E-state index is -0.0596. The van der Waals surface area contributed by atoms with Gasteiger partial charge in [-0.15, -0.1) is 0 Å². The third-order valence-corrected chi connectivity index (χ3v) is 4.28. The number of benzene rings is 1. The Balaban J connectivity index is 1.61. The smallest absolute Gasteiger partial charge is 0.251 e. The summed E-state index contributed by atoms with van der Waals surface area (Å²) in [5.41, 5.74) is 1.75. The average Bonchev–Trinajstić information content (AvgIpc) is 2.52. The van der Waals surface area contributed by atoms with Crippen molar-refractivity contribution in [3.8, 4) is 0 Å². The van der Waals surface area contributed by atoms with Crippen LogP contribution in [-0.2, 0) is 16.1 Å². The Labute approximate surface area is 151 Å². The van der Waals surface area contributed by atoms with Gasteiger partial charge in [0.25, 0.3) is 5.91 Å². The van der Waals surface area contributed by atoms with Gasteiger partial charge in [0, 0.05) is 37.8 Å². The highest BCUT2D eigenvalue weighted by Crippen LogP contribution is 2.14. The first kappa shape index (κ1) is 19.9. The Morgan fingerprint density at radius 3 is 2.48 bits per heavy atom. The van der Waals surface area contributed by atoms with E-state index in [4.69, 9.17) is 9.47 Å². The fourth-order valence-electron chi connectivity index (χ4n) is 2.65. The van der Waals surface area contributed by atoms with Gasteiger partial charge in [-0.25, -0.2) is 0 Å². The topological polar surface area (TPSA) is 50.8 Å². The molecule has 1 aromatic rings. The van der Waals surface area contributed by atoms with Gasteiger partial charge in [-0.3, -0.25) is 9.69 Å². The maximum atomic E-state index is 12.1. The van der Waals surface area contributed by atoms with E-state index in [-0.39, 0.29) is 5.91 Å². The van der Waals surface area contributed by atoms with Crippen LogP contribution in [0.25, 0.3) is 0 Å². The van der Waals surface area contributed by atoms with Crippen molar-refractivity contribution in [1.82, 2.24) is 10.2 Å². The third-order valence-electron chi connectivity index (χ3n) is 4.28. The van der Waals surface area contributed by atoms with Gasteiger partial charge >= 0.3 is 0 Å². The molecule has 0 bridgehead atoms. The highest BCUT2D eigenvalue weighted by atomic mass is 16.5. The number of carbonyl (C=O) groups excluding carboxylic acids is 1. The van der Waals surface area contributed by atoms with Gasteiger partial charge in [0.2, 0.25) is 0 Å². The number of likely N-dealkylation sites (tertiary alicyclic amines) is 1. The molecule has 1 saturated heterocycles. The van der Waals surface area contributed by atoms with E-state index >= 15 is 0 Å². The van der Waals surface area contributed by atoms with Crippen LogP contribution in [0.1, 0.15) is 43.6 Å². The first-order valence-corrected chi connectivity index (χ1v) is 9.26. The zero-order valence-electron chi connectivity index (χ0n) is 16.0. The Hall–Kier alpha value is -1.43. The van der Waals surface area contributed by atoms with Crippen LogP contribution in [0.5, 0.6) is 0 Å². The van der Waals surface area contributed by atoms with Crippen molar-refractivity contribution in [2.24, 2.45) is 5.92 Å². The van der Waals surface area contributed by atoms with E-state index in [1.165, 1.54) is 0 Å². The number of nitrogens with zero attached hydrogens (tertiary/aromatic N) is 1. The predicted octanol–water partition coefficient (Wildman–Crippen LogP) is 2.70. The number of hydrogen-bond acceptors (Lipinski definition) is 4. The molecule has 0 aromatic heterocycles. The lowest BCUT2D eigenvalue weighted by Gasteiger charge is -2.41. The minimum Gasteiger partial charge on any atom is -0.377 e. The zero-order valence-corrected chi connectivity index (χ0v) is 16.0. The van der Waals surface area contributed by atoms with Gasteiger partial charge in [0.05, 0.1) is 19.3 Å². The molecule has 140 valence electrons. The van der Waals surface area contributed by atoms with E-state index in [9.17, 15) is 4.79 Å². The second-order valence-corrected chi connectivity index (χ2v) is 7.40. The fourth-order valence-corrected chi connectivity index (χ4v) is 2.65. The molecule has 0 spiro atoms. The van der Waals surface area contributed by atoms with Crippen molar-refractivity contribution < 1.29 is 14.3 Å². The van der Waals surface area contributed by atoms with Crippen LogP contribution < -0.4 is 5.32 Å². The van der Waals surface area contributed by atoms with Gasteiger partial charge in [0.15, 0.2) is 0 Å². The molecule has 0 radical (unpaired) electrons. The maximum Gasteiger partial charge on any atom is 0.251 e. The van der Waals surface area contributed by atoms with E-state index in [0.29, 0.717) is 43.4 Å². The van der Waals surface area contributed by atoms with Crippen molar-refractivity contribution in [1.29, 1.82) is 0 Å². The van der Waals surface area contributed by atoms with Crippen molar-refractivity contribution in [2.75, 3.05) is 32.8 Å². The largest absolute Gasteiger partial charge is 0.377 e. The molecule has 1 aliphatic heterocycles. The van der Waals surface area contributed by atoms with Gasteiger partial charge in [-0.2, -0.15) is 0 Å². The van der Waals surface area contributed by atoms with Crippen molar-refractivity contribution in [3.05, 3.63) is 35.4 Å². The highest BCUT2D eigenvalue weighted by Gasteiger charge is 2.28. The van der Waals surface area contributed by atoms with E-state index in [1.807, 2.05) is 24.3 Å². The van der Waals surface area contributed by atoms with E-state index < -0.39 is 0 Å². The number of rotatable bonds is 10. The van der Waals surface area contributed by atoms with Crippen LogP contribution in [0, 0.1) is 5.92 Å². The van der Waals surface area contributed by atoms with E-state index in [1.54, 1.807) is 0 Å².